The van der Waals surface area contributed by atoms with Gasteiger partial charge in [0.05, 0.1) is 35.5 Å². The number of ether oxygens (including phenoxy) is 2. The topological polar surface area (TPSA) is 77.5 Å². The van der Waals surface area contributed by atoms with Crippen molar-refractivity contribution in [3.8, 4) is 5.75 Å². The van der Waals surface area contributed by atoms with Crippen molar-refractivity contribution in [3.05, 3.63) is 53.1 Å². The van der Waals surface area contributed by atoms with E-state index in [0.29, 0.717) is 36.6 Å². The standard InChI is InChI=1S/C30H43BNO6S/c1-27(2,34)20-14-15-21-25(18-20)35-17-16-32(26(21)33)24-13-11-12-23(22(24)19-36-30(7,8)39(9)10)31-37-28(3,4)29(5,6)38-31/h11-15,18,34H,16-17,19H2,1-10H3/q+1. The van der Waals surface area contributed by atoms with Gasteiger partial charge >= 0.3 is 7.12 Å². The predicted molar refractivity (Wildman–Crippen MR) is 159 cm³/mol. The highest BCUT2D eigenvalue weighted by molar-refractivity contribution is 7.96. The van der Waals surface area contributed by atoms with Gasteiger partial charge in [0.15, 0.2) is 0 Å². The summed E-state index contributed by atoms with van der Waals surface area (Å²) in [5.74, 6) is 0.311. The van der Waals surface area contributed by atoms with Crippen molar-refractivity contribution in [2.45, 2.75) is 83.7 Å². The summed E-state index contributed by atoms with van der Waals surface area (Å²) in [5.41, 5.74) is 1.55. The molecule has 2 heterocycles. The Morgan fingerprint density at radius 3 is 2.28 bits per heavy atom. The normalized spacial score (nSPS) is 19.2. The third-order valence-electron chi connectivity index (χ3n) is 8.27. The number of rotatable bonds is 7. The molecule has 2 aliphatic rings. The Kier molecular flexibility index (Phi) is 8.00. The summed E-state index contributed by atoms with van der Waals surface area (Å²) in [4.78, 5) is 15.4. The molecule has 9 heteroatoms. The van der Waals surface area contributed by atoms with Gasteiger partial charge in [0, 0.05) is 36.0 Å². The van der Waals surface area contributed by atoms with Crippen LogP contribution in [0.1, 0.15) is 76.9 Å². The Bertz CT molecular complexity index is 1220. The number of nitrogens with zero attached hydrogens (tertiary/aromatic N) is 1. The van der Waals surface area contributed by atoms with Crippen LogP contribution in [0, 0.1) is 0 Å². The molecule has 212 valence electrons. The average molecular weight is 557 g/mol. The van der Waals surface area contributed by atoms with Gasteiger partial charge in [-0.15, -0.1) is 0 Å². The summed E-state index contributed by atoms with van der Waals surface area (Å²) in [7, 11) is -0.598. The Morgan fingerprint density at radius 2 is 1.69 bits per heavy atom. The van der Waals surface area contributed by atoms with Gasteiger partial charge in [-0.2, -0.15) is 0 Å². The molecule has 0 aromatic heterocycles. The second kappa shape index (κ2) is 10.4. The second-order valence-corrected chi connectivity index (χ2v) is 15.1. The zero-order chi connectivity index (χ0) is 29.0. The number of carbonyl (C=O) groups excluding carboxylic acids is 1. The maximum atomic E-state index is 14.0. The Labute approximate surface area is 236 Å². The van der Waals surface area contributed by atoms with Crippen molar-refractivity contribution in [1.29, 1.82) is 0 Å². The van der Waals surface area contributed by atoms with Gasteiger partial charge < -0.3 is 28.8 Å². The van der Waals surface area contributed by atoms with Crippen molar-refractivity contribution >= 4 is 35.1 Å². The highest BCUT2D eigenvalue weighted by atomic mass is 32.2. The summed E-state index contributed by atoms with van der Waals surface area (Å²) < 4.78 is 25.4. The molecule has 0 spiro atoms. The number of aliphatic hydroxyl groups is 1. The minimum Gasteiger partial charge on any atom is -0.491 e. The van der Waals surface area contributed by atoms with E-state index in [0.717, 1.165) is 16.7 Å². The van der Waals surface area contributed by atoms with Crippen LogP contribution in [0.15, 0.2) is 36.4 Å². The van der Waals surface area contributed by atoms with Crippen molar-refractivity contribution < 1.29 is 28.7 Å². The van der Waals surface area contributed by atoms with Crippen molar-refractivity contribution in [3.63, 3.8) is 0 Å². The van der Waals surface area contributed by atoms with Crippen molar-refractivity contribution in [2.24, 2.45) is 0 Å². The molecule has 4 rings (SSSR count). The fourth-order valence-corrected chi connectivity index (χ4v) is 4.77. The Balaban J connectivity index is 1.78. The van der Waals surface area contributed by atoms with E-state index in [1.54, 1.807) is 36.9 Å². The monoisotopic (exact) mass is 556 g/mol. The third-order valence-corrected chi connectivity index (χ3v) is 10.4. The molecule has 2 aliphatic heterocycles. The van der Waals surface area contributed by atoms with Gasteiger partial charge in [0.1, 0.15) is 24.9 Å². The molecule has 0 atom stereocenters. The number of amides is 1. The molecule has 1 amide bonds. The summed E-state index contributed by atoms with van der Waals surface area (Å²) in [6.45, 7) is 16.7. The van der Waals surface area contributed by atoms with E-state index in [9.17, 15) is 9.90 Å². The zero-order valence-electron chi connectivity index (χ0n) is 25.0. The van der Waals surface area contributed by atoms with E-state index in [2.05, 4.69) is 26.4 Å². The Morgan fingerprint density at radius 1 is 1.05 bits per heavy atom. The van der Waals surface area contributed by atoms with E-state index in [1.165, 1.54) is 0 Å². The molecule has 0 aliphatic carbocycles. The molecular weight excluding hydrogens is 513 g/mol. The van der Waals surface area contributed by atoms with Crippen LogP contribution in [-0.2, 0) is 37.1 Å². The maximum Gasteiger partial charge on any atom is 0.495 e. The molecular formula is C30H43BNO6S+. The van der Waals surface area contributed by atoms with Gasteiger partial charge in [-0.05, 0) is 70.8 Å². The van der Waals surface area contributed by atoms with E-state index in [1.807, 2.05) is 45.9 Å². The van der Waals surface area contributed by atoms with Crippen LogP contribution < -0.4 is 15.1 Å². The quantitative estimate of drug-likeness (QED) is 0.403. The maximum absolute atomic E-state index is 14.0. The van der Waals surface area contributed by atoms with Crippen LogP contribution >= 0.6 is 0 Å². The molecule has 0 saturated carbocycles. The number of fused-ring (bicyclic) bond motifs is 1. The third kappa shape index (κ3) is 5.88. The number of hydrogen-bond acceptors (Lipinski definition) is 6. The molecule has 0 unspecified atom stereocenters. The largest absolute Gasteiger partial charge is 0.495 e. The molecule has 0 radical (unpaired) electrons. The van der Waals surface area contributed by atoms with Gasteiger partial charge in [0.2, 0.25) is 4.93 Å². The van der Waals surface area contributed by atoms with Crippen LogP contribution in [0.2, 0.25) is 0 Å². The van der Waals surface area contributed by atoms with Crippen LogP contribution in [0.3, 0.4) is 0 Å². The first-order valence-corrected chi connectivity index (χ1v) is 15.5. The molecule has 2 aromatic carbocycles. The molecule has 1 fully saturated rings. The van der Waals surface area contributed by atoms with E-state index >= 15 is 0 Å². The van der Waals surface area contributed by atoms with Crippen molar-refractivity contribution in [1.82, 2.24) is 0 Å². The lowest BCUT2D eigenvalue weighted by Gasteiger charge is -2.32. The lowest BCUT2D eigenvalue weighted by atomic mass is 9.75. The highest BCUT2D eigenvalue weighted by Crippen LogP contribution is 2.38. The summed E-state index contributed by atoms with van der Waals surface area (Å²) in [6.07, 6.45) is 4.32. The van der Waals surface area contributed by atoms with E-state index in [-0.39, 0.29) is 21.7 Å². The van der Waals surface area contributed by atoms with Crippen LogP contribution in [0.5, 0.6) is 5.75 Å². The fourth-order valence-electron chi connectivity index (χ4n) is 4.48. The minimum atomic E-state index is -1.04. The number of hydrogen-bond donors (Lipinski definition) is 1. The molecule has 39 heavy (non-hydrogen) atoms. The Hall–Kier alpha value is -2.04. The van der Waals surface area contributed by atoms with Crippen LogP contribution in [-0.4, -0.2) is 59.9 Å². The number of anilines is 1. The number of carbonyl (C=O) groups is 1. The summed E-state index contributed by atoms with van der Waals surface area (Å²) >= 11 is 0. The van der Waals surface area contributed by atoms with E-state index < -0.39 is 23.9 Å². The first kappa shape index (κ1) is 29.9. The molecule has 1 N–H and O–H groups in total. The van der Waals surface area contributed by atoms with Gasteiger partial charge in [0.25, 0.3) is 5.91 Å². The van der Waals surface area contributed by atoms with Crippen LogP contribution in [0.25, 0.3) is 0 Å². The molecule has 7 nitrogen and oxygen atoms in total. The predicted octanol–water partition coefficient (Wildman–Crippen LogP) is 4.38. The van der Waals surface area contributed by atoms with Gasteiger partial charge in [-0.25, -0.2) is 0 Å². The summed E-state index contributed by atoms with van der Waals surface area (Å²) in [5, 5.41) is 10.5. The van der Waals surface area contributed by atoms with E-state index in [4.69, 9.17) is 18.8 Å². The molecule has 1 saturated heterocycles. The van der Waals surface area contributed by atoms with Gasteiger partial charge in [-0.1, -0.05) is 18.2 Å². The highest BCUT2D eigenvalue weighted by Gasteiger charge is 2.52. The lowest BCUT2D eigenvalue weighted by Crippen LogP contribution is -2.41. The minimum absolute atomic E-state index is 0.000665. The first-order valence-electron chi connectivity index (χ1n) is 13.5. The SMILES string of the molecule is C[S+](C)C(C)(C)OCc1c(B2OC(C)(C)C(C)(C)O2)cccc1N1CCOc2cc(C(C)(C)O)ccc2C1=O. The fraction of sp³-hybridized carbons (Fsp3) is 0.567. The molecule has 2 aromatic rings. The molecule has 0 bridgehead atoms. The van der Waals surface area contributed by atoms with Gasteiger partial charge in [-0.3, -0.25) is 4.79 Å². The smallest absolute Gasteiger partial charge is 0.491 e. The first-order chi connectivity index (χ1) is 17.9. The second-order valence-electron chi connectivity index (χ2n) is 12.5. The summed E-state index contributed by atoms with van der Waals surface area (Å²) in [6, 6.07) is 11.2. The average Bonchev–Trinajstić information content (AvgIpc) is 2.95. The zero-order valence-corrected chi connectivity index (χ0v) is 25.8. The van der Waals surface area contributed by atoms with Crippen molar-refractivity contribution in [2.75, 3.05) is 30.6 Å². The number of benzene rings is 2. The van der Waals surface area contributed by atoms with Crippen LogP contribution in [0.4, 0.5) is 5.69 Å². The lowest BCUT2D eigenvalue weighted by molar-refractivity contribution is 0.00578.